The van der Waals surface area contributed by atoms with Crippen LogP contribution in [0.2, 0.25) is 0 Å². The van der Waals surface area contributed by atoms with Crippen molar-refractivity contribution in [3.63, 3.8) is 0 Å². The zero-order valence-corrected chi connectivity index (χ0v) is 20.2. The van der Waals surface area contributed by atoms with E-state index in [0.29, 0.717) is 29.7 Å². The van der Waals surface area contributed by atoms with Crippen molar-refractivity contribution in [2.45, 2.75) is 19.5 Å². The van der Waals surface area contributed by atoms with Crippen molar-refractivity contribution in [1.29, 1.82) is 0 Å². The van der Waals surface area contributed by atoms with Crippen molar-refractivity contribution in [1.82, 2.24) is 14.9 Å². The number of anilines is 2. The fourth-order valence-corrected chi connectivity index (χ4v) is 4.05. The lowest BCUT2D eigenvalue weighted by Gasteiger charge is -2.29. The smallest absolute Gasteiger partial charge is 0.227 e. The summed E-state index contributed by atoms with van der Waals surface area (Å²) in [5.41, 5.74) is 3.97. The SMILES string of the molecule is COc1ccc(Nc2ncc3c(n2)CCN(Cc2cc(OC)c(OC)cc2OC)C3)c(OC)c1. The molecule has 1 aliphatic heterocycles. The highest BCUT2D eigenvalue weighted by atomic mass is 16.5. The number of nitrogens with one attached hydrogen (secondary N) is 1. The van der Waals surface area contributed by atoms with E-state index in [4.69, 9.17) is 28.7 Å². The number of hydrogen-bond acceptors (Lipinski definition) is 9. The Morgan fingerprint density at radius 3 is 2.29 bits per heavy atom. The second kappa shape index (κ2) is 10.5. The lowest BCUT2D eigenvalue weighted by Crippen LogP contribution is -2.31. The standard InChI is InChI=1S/C25H30N4O5/c1-30-18-6-7-20(22(11-18)32-3)28-25-26-13-17-15-29(9-8-19(17)27-25)14-16-10-23(33-4)24(34-5)12-21(16)31-2/h6-7,10-13H,8-9,14-15H2,1-5H3,(H,26,27,28). The molecule has 1 N–H and O–H groups in total. The van der Waals surface area contributed by atoms with Crippen LogP contribution in [0.1, 0.15) is 16.8 Å². The van der Waals surface area contributed by atoms with Gasteiger partial charge < -0.3 is 29.0 Å². The van der Waals surface area contributed by atoms with Gasteiger partial charge in [-0.05, 0) is 18.2 Å². The maximum absolute atomic E-state index is 5.59. The summed E-state index contributed by atoms with van der Waals surface area (Å²) in [5.74, 6) is 4.03. The maximum atomic E-state index is 5.59. The molecular weight excluding hydrogens is 436 g/mol. The van der Waals surface area contributed by atoms with Gasteiger partial charge in [0.2, 0.25) is 5.95 Å². The first-order valence-corrected chi connectivity index (χ1v) is 10.9. The van der Waals surface area contributed by atoms with Gasteiger partial charge in [0.1, 0.15) is 17.2 Å². The number of aromatic nitrogens is 2. The number of benzene rings is 2. The van der Waals surface area contributed by atoms with Gasteiger partial charge in [-0.3, -0.25) is 4.90 Å². The number of nitrogens with zero attached hydrogens (tertiary/aromatic N) is 3. The minimum Gasteiger partial charge on any atom is -0.497 e. The molecule has 0 saturated carbocycles. The van der Waals surface area contributed by atoms with Gasteiger partial charge in [-0.2, -0.15) is 0 Å². The van der Waals surface area contributed by atoms with Crippen LogP contribution in [-0.4, -0.2) is 57.0 Å². The number of rotatable bonds is 9. The van der Waals surface area contributed by atoms with E-state index >= 15 is 0 Å². The van der Waals surface area contributed by atoms with Crippen molar-refractivity contribution >= 4 is 11.6 Å². The summed E-state index contributed by atoms with van der Waals surface area (Å²) in [6.07, 6.45) is 2.71. The van der Waals surface area contributed by atoms with E-state index < -0.39 is 0 Å². The first-order valence-electron chi connectivity index (χ1n) is 10.9. The van der Waals surface area contributed by atoms with Crippen LogP contribution in [0.3, 0.4) is 0 Å². The second-order valence-electron chi connectivity index (χ2n) is 7.84. The molecule has 0 aliphatic carbocycles. The third kappa shape index (κ3) is 4.94. The van der Waals surface area contributed by atoms with Crippen LogP contribution in [0.15, 0.2) is 36.5 Å². The molecule has 0 radical (unpaired) electrons. The first kappa shape index (κ1) is 23.4. The Hall–Kier alpha value is -3.72. The minimum absolute atomic E-state index is 0.539. The molecule has 0 amide bonds. The predicted octanol–water partition coefficient (Wildman–Crippen LogP) is 3.82. The van der Waals surface area contributed by atoms with Crippen LogP contribution in [-0.2, 0) is 19.5 Å². The molecule has 3 aromatic rings. The molecule has 34 heavy (non-hydrogen) atoms. The molecule has 2 heterocycles. The lowest BCUT2D eigenvalue weighted by molar-refractivity contribution is 0.238. The summed E-state index contributed by atoms with van der Waals surface area (Å²) in [6.45, 7) is 2.33. The number of hydrogen-bond donors (Lipinski definition) is 1. The number of fused-ring (bicyclic) bond motifs is 1. The lowest BCUT2D eigenvalue weighted by atomic mass is 10.1. The Bertz CT molecular complexity index is 1150. The Morgan fingerprint density at radius 2 is 1.59 bits per heavy atom. The number of ether oxygens (including phenoxy) is 5. The topological polar surface area (TPSA) is 87.2 Å². The highest BCUT2D eigenvalue weighted by molar-refractivity contribution is 5.64. The van der Waals surface area contributed by atoms with Gasteiger partial charge in [-0.25, -0.2) is 9.97 Å². The van der Waals surface area contributed by atoms with E-state index in [1.165, 1.54) is 0 Å². The van der Waals surface area contributed by atoms with E-state index in [-0.39, 0.29) is 0 Å². The van der Waals surface area contributed by atoms with Gasteiger partial charge in [-0.1, -0.05) is 0 Å². The van der Waals surface area contributed by atoms with Crippen LogP contribution >= 0.6 is 0 Å². The average molecular weight is 467 g/mol. The third-order valence-corrected chi connectivity index (χ3v) is 5.85. The van der Waals surface area contributed by atoms with E-state index in [0.717, 1.165) is 53.5 Å². The normalized spacial score (nSPS) is 13.1. The van der Waals surface area contributed by atoms with E-state index in [1.807, 2.05) is 36.5 Å². The van der Waals surface area contributed by atoms with E-state index in [1.54, 1.807) is 35.5 Å². The Balaban J connectivity index is 1.48. The summed E-state index contributed by atoms with van der Waals surface area (Å²) in [5, 5.41) is 3.26. The van der Waals surface area contributed by atoms with Gasteiger partial charge in [0.05, 0.1) is 46.9 Å². The Kier molecular flexibility index (Phi) is 7.22. The summed E-state index contributed by atoms with van der Waals surface area (Å²) in [7, 11) is 8.16. The van der Waals surface area contributed by atoms with Crippen molar-refractivity contribution < 1.29 is 23.7 Å². The second-order valence-corrected chi connectivity index (χ2v) is 7.84. The fraction of sp³-hybridized carbons (Fsp3) is 0.360. The largest absolute Gasteiger partial charge is 0.497 e. The molecule has 4 rings (SSSR count). The third-order valence-electron chi connectivity index (χ3n) is 5.85. The molecule has 1 aromatic heterocycles. The van der Waals surface area contributed by atoms with Crippen LogP contribution in [0.25, 0.3) is 0 Å². The molecular formula is C25H30N4O5. The highest BCUT2D eigenvalue weighted by Crippen LogP contribution is 2.36. The molecule has 0 bridgehead atoms. The van der Waals surface area contributed by atoms with Gasteiger partial charge in [0.25, 0.3) is 0 Å². The zero-order chi connectivity index (χ0) is 24.1. The summed E-state index contributed by atoms with van der Waals surface area (Å²) >= 11 is 0. The zero-order valence-electron chi connectivity index (χ0n) is 20.2. The van der Waals surface area contributed by atoms with Gasteiger partial charge in [0, 0.05) is 55.5 Å². The molecule has 0 fully saturated rings. The quantitative estimate of drug-likeness (QED) is 0.506. The Morgan fingerprint density at radius 1 is 0.853 bits per heavy atom. The molecule has 0 spiro atoms. The molecule has 0 atom stereocenters. The molecule has 0 saturated heterocycles. The van der Waals surface area contributed by atoms with E-state index in [2.05, 4.69) is 15.2 Å². The molecule has 9 nitrogen and oxygen atoms in total. The van der Waals surface area contributed by atoms with Gasteiger partial charge in [0.15, 0.2) is 11.5 Å². The van der Waals surface area contributed by atoms with Crippen molar-refractivity contribution in [2.24, 2.45) is 0 Å². The molecule has 2 aromatic carbocycles. The molecule has 180 valence electrons. The van der Waals surface area contributed by atoms with Crippen molar-refractivity contribution in [2.75, 3.05) is 47.4 Å². The van der Waals surface area contributed by atoms with Gasteiger partial charge >= 0.3 is 0 Å². The van der Waals surface area contributed by atoms with Crippen LogP contribution < -0.4 is 29.0 Å². The average Bonchev–Trinajstić information content (AvgIpc) is 2.88. The summed E-state index contributed by atoms with van der Waals surface area (Å²) in [4.78, 5) is 11.6. The maximum Gasteiger partial charge on any atom is 0.227 e. The first-order chi connectivity index (χ1) is 16.6. The summed E-state index contributed by atoms with van der Waals surface area (Å²) in [6, 6.07) is 9.41. The van der Waals surface area contributed by atoms with Crippen molar-refractivity contribution in [3.05, 3.63) is 53.3 Å². The van der Waals surface area contributed by atoms with Gasteiger partial charge in [-0.15, -0.1) is 0 Å². The van der Waals surface area contributed by atoms with Crippen molar-refractivity contribution in [3.8, 4) is 28.7 Å². The summed E-state index contributed by atoms with van der Waals surface area (Å²) < 4.78 is 27.2. The van der Waals surface area contributed by atoms with Crippen LogP contribution in [0, 0.1) is 0 Å². The molecule has 1 aliphatic rings. The fourth-order valence-electron chi connectivity index (χ4n) is 4.05. The number of methoxy groups -OCH3 is 5. The monoisotopic (exact) mass is 466 g/mol. The Labute approximate surface area is 199 Å². The van der Waals surface area contributed by atoms with Crippen LogP contribution in [0.4, 0.5) is 11.6 Å². The highest BCUT2D eigenvalue weighted by Gasteiger charge is 2.21. The van der Waals surface area contributed by atoms with Crippen LogP contribution in [0.5, 0.6) is 28.7 Å². The molecule has 0 unspecified atom stereocenters. The predicted molar refractivity (Wildman–Crippen MR) is 129 cm³/mol. The van der Waals surface area contributed by atoms with E-state index in [9.17, 15) is 0 Å². The molecule has 9 heteroatoms. The minimum atomic E-state index is 0.539.